The Balaban J connectivity index is 3.27. The molecule has 0 unspecified atom stereocenters. The molecule has 1 aromatic carbocycles. The van der Waals surface area contributed by atoms with Crippen molar-refractivity contribution >= 4 is 5.78 Å². The second-order valence-electron chi connectivity index (χ2n) is 2.81. The summed E-state index contributed by atoms with van der Waals surface area (Å²) < 4.78 is 23.0. The first-order valence-corrected chi connectivity index (χ1v) is 4.28. The molecule has 1 aromatic rings. The van der Waals surface area contributed by atoms with E-state index in [2.05, 4.69) is 0 Å². The number of hydrogen-bond acceptors (Lipinski definition) is 4. The average Bonchev–Trinajstić information content (AvgIpc) is 2.27. The van der Waals surface area contributed by atoms with Crippen molar-refractivity contribution in [2.45, 2.75) is 0 Å². The molecule has 0 bridgehead atoms. The Morgan fingerprint density at radius 2 is 1.93 bits per heavy atom. The van der Waals surface area contributed by atoms with Gasteiger partial charge in [-0.3, -0.25) is 4.79 Å². The van der Waals surface area contributed by atoms with Crippen LogP contribution in [0.4, 0.5) is 4.39 Å². The summed E-state index contributed by atoms with van der Waals surface area (Å²) in [6.45, 7) is -0.192. The number of hydrogen-bond donors (Lipinski definition) is 1. The molecule has 0 aliphatic heterocycles. The Kier molecular flexibility index (Phi) is 3.62. The monoisotopic (exact) mass is 213 g/mol. The molecule has 0 amide bonds. The number of methoxy groups -OCH3 is 2. The van der Waals surface area contributed by atoms with Crippen LogP contribution in [0.25, 0.3) is 0 Å². The lowest BCUT2D eigenvalue weighted by Gasteiger charge is -2.09. The summed E-state index contributed by atoms with van der Waals surface area (Å²) in [6.07, 6.45) is 0. The molecule has 0 aliphatic rings. The zero-order valence-electron chi connectivity index (χ0n) is 8.54. The van der Waals surface area contributed by atoms with Crippen LogP contribution in [0.15, 0.2) is 12.1 Å². The van der Waals surface area contributed by atoms with Crippen molar-refractivity contribution in [2.24, 2.45) is 5.73 Å². The van der Waals surface area contributed by atoms with Gasteiger partial charge in [0.25, 0.3) is 0 Å². The topological polar surface area (TPSA) is 61.5 Å². The zero-order chi connectivity index (χ0) is 11.4. The molecule has 0 saturated carbocycles. The number of ketones is 1. The lowest BCUT2D eigenvalue weighted by molar-refractivity contribution is 0.0998. The van der Waals surface area contributed by atoms with Crippen molar-refractivity contribution in [1.29, 1.82) is 0 Å². The largest absolute Gasteiger partial charge is 0.496 e. The predicted octanol–water partition coefficient (Wildman–Crippen LogP) is 0.984. The van der Waals surface area contributed by atoms with Crippen molar-refractivity contribution < 1.29 is 18.7 Å². The highest BCUT2D eigenvalue weighted by Gasteiger charge is 2.15. The molecule has 0 atom stereocenters. The highest BCUT2D eigenvalue weighted by atomic mass is 19.1. The first-order chi connectivity index (χ1) is 7.13. The summed E-state index contributed by atoms with van der Waals surface area (Å²) in [7, 11) is 2.72. The summed E-state index contributed by atoms with van der Waals surface area (Å²) >= 11 is 0. The van der Waals surface area contributed by atoms with E-state index in [0.717, 1.165) is 6.07 Å². The number of carbonyl (C=O) groups excluding carboxylic acids is 1. The van der Waals surface area contributed by atoms with E-state index in [0.29, 0.717) is 0 Å². The number of benzene rings is 1. The smallest absolute Gasteiger partial charge is 0.180 e. The van der Waals surface area contributed by atoms with Gasteiger partial charge in [-0.05, 0) is 6.07 Å². The predicted molar refractivity (Wildman–Crippen MR) is 52.9 cm³/mol. The minimum atomic E-state index is -0.616. The minimum Gasteiger partial charge on any atom is -0.496 e. The molecular formula is C10H12FNO3. The van der Waals surface area contributed by atoms with E-state index in [1.54, 1.807) is 0 Å². The van der Waals surface area contributed by atoms with Crippen LogP contribution in [0, 0.1) is 5.82 Å². The Morgan fingerprint density at radius 1 is 1.33 bits per heavy atom. The van der Waals surface area contributed by atoms with Crippen LogP contribution in [-0.4, -0.2) is 26.5 Å². The third kappa shape index (κ3) is 2.24. The van der Waals surface area contributed by atoms with Gasteiger partial charge in [0.2, 0.25) is 0 Å². The van der Waals surface area contributed by atoms with Crippen molar-refractivity contribution in [3.8, 4) is 11.5 Å². The quantitative estimate of drug-likeness (QED) is 0.757. The van der Waals surface area contributed by atoms with E-state index in [1.807, 2.05) is 0 Å². The fraction of sp³-hybridized carbons (Fsp3) is 0.300. The van der Waals surface area contributed by atoms with E-state index in [9.17, 15) is 9.18 Å². The molecule has 1 rings (SSSR count). The van der Waals surface area contributed by atoms with Gasteiger partial charge in [0, 0.05) is 6.07 Å². The Morgan fingerprint density at radius 3 is 2.40 bits per heavy atom. The molecule has 2 N–H and O–H groups in total. The van der Waals surface area contributed by atoms with E-state index < -0.39 is 5.82 Å². The first-order valence-electron chi connectivity index (χ1n) is 4.28. The molecule has 0 spiro atoms. The number of carbonyl (C=O) groups is 1. The number of Topliss-reactive ketones (excluding diaryl/α,β-unsaturated/α-hetero) is 1. The van der Waals surface area contributed by atoms with Gasteiger partial charge in [0.15, 0.2) is 17.3 Å². The standard InChI is InChI=1S/C10H12FNO3/c1-14-9-4-10(15-2)7(11)3-6(9)8(13)5-12/h3-4H,5,12H2,1-2H3. The van der Waals surface area contributed by atoms with Crippen molar-refractivity contribution in [1.82, 2.24) is 0 Å². The molecule has 0 fully saturated rings. The molecule has 0 radical (unpaired) electrons. The van der Waals surface area contributed by atoms with Gasteiger partial charge in [-0.2, -0.15) is 0 Å². The van der Waals surface area contributed by atoms with Crippen molar-refractivity contribution in [3.05, 3.63) is 23.5 Å². The number of rotatable bonds is 4. The van der Waals surface area contributed by atoms with Gasteiger partial charge >= 0.3 is 0 Å². The Labute approximate surface area is 86.8 Å². The van der Waals surface area contributed by atoms with Gasteiger partial charge in [-0.1, -0.05) is 0 Å². The van der Waals surface area contributed by atoms with E-state index >= 15 is 0 Å². The molecule has 5 heteroatoms. The average molecular weight is 213 g/mol. The van der Waals surface area contributed by atoms with Crippen LogP contribution in [0.5, 0.6) is 11.5 Å². The summed E-state index contributed by atoms with van der Waals surface area (Å²) in [5.41, 5.74) is 5.31. The molecule has 4 nitrogen and oxygen atoms in total. The summed E-state index contributed by atoms with van der Waals surface area (Å²) in [6, 6.07) is 2.38. The molecule has 0 aliphatic carbocycles. The summed E-state index contributed by atoms with van der Waals surface area (Å²) in [4.78, 5) is 11.3. The molecule has 0 aromatic heterocycles. The Bertz CT molecular complexity index is 379. The van der Waals surface area contributed by atoms with E-state index in [1.165, 1.54) is 20.3 Å². The minimum absolute atomic E-state index is 0.0282. The van der Waals surface area contributed by atoms with Gasteiger partial charge in [-0.15, -0.1) is 0 Å². The van der Waals surface area contributed by atoms with E-state index in [4.69, 9.17) is 15.2 Å². The van der Waals surface area contributed by atoms with Crippen LogP contribution in [0.2, 0.25) is 0 Å². The van der Waals surface area contributed by atoms with Crippen LogP contribution in [-0.2, 0) is 0 Å². The molecular weight excluding hydrogens is 201 g/mol. The third-order valence-corrected chi connectivity index (χ3v) is 1.96. The second kappa shape index (κ2) is 4.75. The highest BCUT2D eigenvalue weighted by Crippen LogP contribution is 2.27. The van der Waals surface area contributed by atoms with Gasteiger partial charge < -0.3 is 15.2 Å². The van der Waals surface area contributed by atoms with Crippen LogP contribution in [0.1, 0.15) is 10.4 Å². The Hall–Kier alpha value is -1.62. The number of nitrogens with two attached hydrogens (primary N) is 1. The maximum absolute atomic E-state index is 13.3. The van der Waals surface area contributed by atoms with Gasteiger partial charge in [0.1, 0.15) is 5.75 Å². The normalized spacial score (nSPS) is 9.87. The van der Waals surface area contributed by atoms with Crippen LogP contribution in [0.3, 0.4) is 0 Å². The second-order valence-corrected chi connectivity index (χ2v) is 2.81. The SMILES string of the molecule is COc1cc(OC)c(C(=O)CN)cc1F. The zero-order valence-corrected chi connectivity index (χ0v) is 8.54. The van der Waals surface area contributed by atoms with Gasteiger partial charge in [-0.25, -0.2) is 4.39 Å². The van der Waals surface area contributed by atoms with Crippen LogP contribution >= 0.6 is 0 Å². The molecule has 0 heterocycles. The number of halogens is 1. The fourth-order valence-corrected chi connectivity index (χ4v) is 1.19. The molecule has 82 valence electrons. The number of ether oxygens (including phenoxy) is 2. The molecule has 0 saturated heterocycles. The summed E-state index contributed by atoms with van der Waals surface area (Å²) in [5, 5.41) is 0. The third-order valence-electron chi connectivity index (χ3n) is 1.96. The van der Waals surface area contributed by atoms with Crippen molar-refractivity contribution in [2.75, 3.05) is 20.8 Å². The van der Waals surface area contributed by atoms with Crippen LogP contribution < -0.4 is 15.2 Å². The maximum atomic E-state index is 13.3. The summed E-state index contributed by atoms with van der Waals surface area (Å²) in [5.74, 6) is -0.715. The lowest BCUT2D eigenvalue weighted by Crippen LogP contribution is -2.15. The fourth-order valence-electron chi connectivity index (χ4n) is 1.19. The molecule has 15 heavy (non-hydrogen) atoms. The first kappa shape index (κ1) is 11.5. The van der Waals surface area contributed by atoms with E-state index in [-0.39, 0.29) is 29.4 Å². The maximum Gasteiger partial charge on any atom is 0.180 e. The van der Waals surface area contributed by atoms with Crippen molar-refractivity contribution in [3.63, 3.8) is 0 Å². The van der Waals surface area contributed by atoms with Gasteiger partial charge in [0.05, 0.1) is 26.3 Å². The lowest BCUT2D eigenvalue weighted by atomic mass is 10.1. The highest BCUT2D eigenvalue weighted by molar-refractivity contribution is 6.00.